The Morgan fingerprint density at radius 3 is 2.62 bits per heavy atom. The number of carbonyl (C=O) groups excluding carboxylic acids is 3. The molecule has 2 amide bonds. The van der Waals surface area contributed by atoms with E-state index in [1.54, 1.807) is 0 Å². The van der Waals surface area contributed by atoms with E-state index in [4.69, 9.17) is 4.74 Å². The van der Waals surface area contributed by atoms with Gasteiger partial charge in [-0.05, 0) is 24.3 Å². The molecule has 0 aliphatic carbocycles. The highest BCUT2D eigenvalue weighted by atomic mass is 32.2. The second-order valence-corrected chi connectivity index (χ2v) is 6.76. The molecule has 2 rings (SSSR count). The van der Waals surface area contributed by atoms with E-state index in [0.29, 0.717) is 34.6 Å². The molecule has 0 spiro atoms. The highest BCUT2D eigenvalue weighted by molar-refractivity contribution is 8.13. The largest absolute Gasteiger partial charge is 0.454 e. The van der Waals surface area contributed by atoms with Gasteiger partial charge in [-0.15, -0.1) is 0 Å². The number of halogens is 2. The Hall–Kier alpha value is -1.81. The van der Waals surface area contributed by atoms with Crippen molar-refractivity contribution in [2.45, 2.75) is 10.7 Å². The van der Waals surface area contributed by atoms with Crippen molar-refractivity contribution in [2.75, 3.05) is 30.8 Å². The van der Waals surface area contributed by atoms with E-state index < -0.39 is 24.2 Å². The lowest BCUT2D eigenvalue weighted by Gasteiger charge is -2.13. The number of anilines is 1. The monoisotopic (exact) mass is 376 g/mol. The quantitative estimate of drug-likeness (QED) is 0.582. The van der Waals surface area contributed by atoms with Gasteiger partial charge < -0.3 is 15.0 Å². The van der Waals surface area contributed by atoms with Gasteiger partial charge in [0.05, 0.1) is 0 Å². The maximum Gasteiger partial charge on any atom is 0.326 e. The second kappa shape index (κ2) is 8.88. The zero-order valence-electron chi connectivity index (χ0n) is 12.4. The SMILES string of the molecule is O=C(COC(=O)CN1CCSC1=O)Nc1ccc(SC(F)F)cc1. The Balaban J connectivity index is 1.72. The smallest absolute Gasteiger partial charge is 0.326 e. The van der Waals surface area contributed by atoms with Crippen LogP contribution in [0, 0.1) is 0 Å². The van der Waals surface area contributed by atoms with Crippen LogP contribution in [0.3, 0.4) is 0 Å². The molecule has 1 heterocycles. The number of benzene rings is 1. The lowest BCUT2D eigenvalue weighted by atomic mass is 10.3. The number of carbonyl (C=O) groups is 3. The van der Waals surface area contributed by atoms with Crippen LogP contribution in [0.2, 0.25) is 0 Å². The third-order valence-electron chi connectivity index (χ3n) is 2.89. The molecule has 0 aromatic heterocycles. The molecule has 1 aliphatic heterocycles. The molecule has 1 aromatic rings. The van der Waals surface area contributed by atoms with Crippen LogP contribution < -0.4 is 5.32 Å². The molecule has 130 valence electrons. The van der Waals surface area contributed by atoms with E-state index in [2.05, 4.69) is 5.32 Å². The number of esters is 1. The van der Waals surface area contributed by atoms with Crippen molar-refractivity contribution in [3.8, 4) is 0 Å². The number of rotatable bonds is 7. The molecule has 1 aromatic carbocycles. The topological polar surface area (TPSA) is 75.7 Å². The molecular weight excluding hydrogens is 362 g/mol. The van der Waals surface area contributed by atoms with E-state index in [-0.39, 0.29) is 11.8 Å². The Labute approximate surface area is 145 Å². The highest BCUT2D eigenvalue weighted by Gasteiger charge is 2.24. The minimum atomic E-state index is -2.51. The summed E-state index contributed by atoms with van der Waals surface area (Å²) >= 11 is 1.54. The second-order valence-electron chi connectivity index (χ2n) is 4.65. The van der Waals surface area contributed by atoms with E-state index in [1.165, 1.54) is 29.2 Å². The number of nitrogens with zero attached hydrogens (tertiary/aromatic N) is 1. The number of hydrogen-bond donors (Lipinski definition) is 1. The van der Waals surface area contributed by atoms with Gasteiger partial charge in [0.25, 0.3) is 16.9 Å². The minimum Gasteiger partial charge on any atom is -0.454 e. The summed E-state index contributed by atoms with van der Waals surface area (Å²) in [5, 5.41) is 2.30. The maximum absolute atomic E-state index is 12.2. The Kier molecular flexibility index (Phi) is 6.85. The van der Waals surface area contributed by atoms with E-state index in [0.717, 1.165) is 11.8 Å². The van der Waals surface area contributed by atoms with Crippen molar-refractivity contribution in [1.82, 2.24) is 4.90 Å². The van der Waals surface area contributed by atoms with Crippen molar-refractivity contribution >= 4 is 46.3 Å². The first-order chi connectivity index (χ1) is 11.4. The van der Waals surface area contributed by atoms with Crippen molar-refractivity contribution in [3.63, 3.8) is 0 Å². The molecule has 1 aliphatic rings. The number of amides is 2. The summed E-state index contributed by atoms with van der Waals surface area (Å²) in [4.78, 5) is 36.3. The Morgan fingerprint density at radius 2 is 2.04 bits per heavy atom. The third-order valence-corrected chi connectivity index (χ3v) is 4.51. The Morgan fingerprint density at radius 1 is 1.33 bits per heavy atom. The van der Waals surface area contributed by atoms with E-state index in [9.17, 15) is 23.2 Å². The van der Waals surface area contributed by atoms with Crippen molar-refractivity contribution in [1.29, 1.82) is 0 Å². The molecule has 0 saturated carbocycles. The summed E-state index contributed by atoms with van der Waals surface area (Å²) in [5.74, 6) is -3.10. The van der Waals surface area contributed by atoms with Crippen LogP contribution in [-0.4, -0.2) is 53.2 Å². The van der Waals surface area contributed by atoms with Gasteiger partial charge in [-0.1, -0.05) is 23.5 Å². The van der Waals surface area contributed by atoms with Crippen molar-refractivity contribution in [3.05, 3.63) is 24.3 Å². The van der Waals surface area contributed by atoms with Gasteiger partial charge in [0.2, 0.25) is 0 Å². The summed E-state index contributed by atoms with van der Waals surface area (Å²) in [6.45, 7) is -0.187. The van der Waals surface area contributed by atoms with Crippen LogP contribution >= 0.6 is 23.5 Å². The lowest BCUT2D eigenvalue weighted by molar-refractivity contribution is -0.147. The van der Waals surface area contributed by atoms with Gasteiger partial charge >= 0.3 is 5.97 Å². The maximum atomic E-state index is 12.2. The summed E-state index contributed by atoms with van der Waals surface area (Å²) in [7, 11) is 0. The molecular formula is C14H14F2N2O4S2. The van der Waals surface area contributed by atoms with Crippen molar-refractivity contribution in [2.24, 2.45) is 0 Å². The minimum absolute atomic E-state index is 0.182. The standard InChI is InChI=1S/C14H14F2N2O4S2/c15-13(16)24-10-3-1-9(2-4-10)17-11(19)8-22-12(20)7-18-5-6-23-14(18)21/h1-4,13H,5-8H2,(H,17,19). The van der Waals surface area contributed by atoms with Gasteiger partial charge in [0, 0.05) is 22.9 Å². The molecule has 10 heteroatoms. The third kappa shape index (κ3) is 6.00. The predicted octanol–water partition coefficient (Wildman–Crippen LogP) is 2.65. The zero-order chi connectivity index (χ0) is 17.5. The first-order valence-electron chi connectivity index (χ1n) is 6.86. The lowest BCUT2D eigenvalue weighted by Crippen LogP contribution is -2.32. The van der Waals surface area contributed by atoms with Gasteiger partial charge in [-0.2, -0.15) is 8.78 Å². The highest BCUT2D eigenvalue weighted by Crippen LogP contribution is 2.26. The summed E-state index contributed by atoms with van der Waals surface area (Å²) in [6.07, 6.45) is 0. The fraction of sp³-hybridized carbons (Fsp3) is 0.357. The molecule has 1 saturated heterocycles. The van der Waals surface area contributed by atoms with Gasteiger partial charge in [0.1, 0.15) is 6.54 Å². The van der Waals surface area contributed by atoms with Crippen molar-refractivity contribution < 1.29 is 27.9 Å². The number of nitrogens with one attached hydrogen (secondary N) is 1. The van der Waals surface area contributed by atoms with Crippen LogP contribution in [0.25, 0.3) is 0 Å². The van der Waals surface area contributed by atoms with Crippen LogP contribution in [0.4, 0.5) is 19.3 Å². The fourth-order valence-electron chi connectivity index (χ4n) is 1.83. The normalized spacial score (nSPS) is 14.1. The molecule has 1 fully saturated rings. The van der Waals surface area contributed by atoms with Crippen LogP contribution in [0.1, 0.15) is 0 Å². The number of hydrogen-bond acceptors (Lipinski definition) is 6. The molecule has 0 radical (unpaired) electrons. The first-order valence-corrected chi connectivity index (χ1v) is 8.72. The molecule has 0 atom stereocenters. The molecule has 6 nitrogen and oxygen atoms in total. The molecule has 0 unspecified atom stereocenters. The van der Waals surface area contributed by atoms with Gasteiger partial charge in [0.15, 0.2) is 6.61 Å². The predicted molar refractivity (Wildman–Crippen MR) is 87.3 cm³/mol. The summed E-state index contributed by atoms with van der Waals surface area (Å²) in [5.41, 5.74) is 0.404. The zero-order valence-corrected chi connectivity index (χ0v) is 14.0. The average molecular weight is 376 g/mol. The van der Waals surface area contributed by atoms with Crippen LogP contribution in [-0.2, 0) is 14.3 Å². The molecule has 24 heavy (non-hydrogen) atoms. The fourth-order valence-corrected chi connectivity index (χ4v) is 3.16. The number of thioether (sulfide) groups is 2. The van der Waals surface area contributed by atoms with Gasteiger partial charge in [-0.25, -0.2) is 0 Å². The van der Waals surface area contributed by atoms with E-state index in [1.807, 2.05) is 0 Å². The van der Waals surface area contributed by atoms with E-state index >= 15 is 0 Å². The van der Waals surface area contributed by atoms with Gasteiger partial charge in [-0.3, -0.25) is 14.4 Å². The summed E-state index contributed by atoms with van der Waals surface area (Å²) < 4.78 is 29.2. The Bertz CT molecular complexity index is 613. The van der Waals surface area contributed by atoms with Crippen LogP contribution in [0.15, 0.2) is 29.2 Å². The summed E-state index contributed by atoms with van der Waals surface area (Å²) in [6, 6.07) is 5.86. The number of alkyl halides is 2. The van der Waals surface area contributed by atoms with Crippen LogP contribution in [0.5, 0.6) is 0 Å². The molecule has 0 bridgehead atoms. The first kappa shape index (κ1) is 18.5. The number of ether oxygens (including phenoxy) is 1. The molecule has 1 N–H and O–H groups in total. The average Bonchev–Trinajstić information content (AvgIpc) is 2.92.